The van der Waals surface area contributed by atoms with Crippen molar-refractivity contribution in [3.63, 3.8) is 0 Å². The molecule has 128 valence electrons. The van der Waals surface area contributed by atoms with E-state index in [1.807, 2.05) is 12.1 Å². The van der Waals surface area contributed by atoms with Gasteiger partial charge in [0.25, 0.3) is 0 Å². The summed E-state index contributed by atoms with van der Waals surface area (Å²) in [5.74, 6) is 1.16. The van der Waals surface area contributed by atoms with Crippen LogP contribution in [0, 0.1) is 0 Å². The van der Waals surface area contributed by atoms with E-state index < -0.39 is 0 Å². The van der Waals surface area contributed by atoms with Crippen LogP contribution in [0.1, 0.15) is 31.2 Å². The Balaban J connectivity index is 1.54. The van der Waals surface area contributed by atoms with Crippen molar-refractivity contribution in [1.29, 1.82) is 0 Å². The topological polar surface area (TPSA) is 78.5 Å². The summed E-state index contributed by atoms with van der Waals surface area (Å²) in [6, 6.07) is 4.25. The van der Waals surface area contributed by atoms with Gasteiger partial charge in [0.15, 0.2) is 0 Å². The van der Waals surface area contributed by atoms with Gasteiger partial charge < -0.3 is 14.5 Å². The predicted octanol–water partition coefficient (Wildman–Crippen LogP) is 1.33. The van der Waals surface area contributed by atoms with Gasteiger partial charge in [-0.25, -0.2) is 0 Å². The highest BCUT2D eigenvalue weighted by Gasteiger charge is 2.40. The first-order valence-electron chi connectivity index (χ1n) is 8.57. The molecule has 0 spiro atoms. The maximum Gasteiger partial charge on any atom is 0.244 e. The minimum atomic E-state index is -0.330. The van der Waals surface area contributed by atoms with Crippen molar-refractivity contribution in [2.24, 2.45) is 0 Å². The Labute approximate surface area is 141 Å². The first kappa shape index (κ1) is 15.7. The first-order valence-corrected chi connectivity index (χ1v) is 8.57. The number of hydrogen-bond donors (Lipinski definition) is 1. The van der Waals surface area contributed by atoms with E-state index in [2.05, 4.69) is 32.0 Å². The maximum absolute atomic E-state index is 10.2. The molecule has 4 rings (SSSR count). The number of aliphatic hydroxyl groups is 1. The number of piperidine rings is 1. The van der Waals surface area contributed by atoms with Gasteiger partial charge in [-0.3, -0.25) is 9.88 Å². The number of β-amino-alcohol motifs (C(OH)–C–C–N with tert-alkyl or cyclic N) is 1. The van der Waals surface area contributed by atoms with Gasteiger partial charge in [0.2, 0.25) is 11.7 Å². The van der Waals surface area contributed by atoms with E-state index in [0.29, 0.717) is 30.7 Å². The van der Waals surface area contributed by atoms with Gasteiger partial charge in [0.1, 0.15) is 0 Å². The predicted molar refractivity (Wildman–Crippen MR) is 88.1 cm³/mol. The number of aliphatic hydroxyl groups excluding tert-OH is 1. The summed E-state index contributed by atoms with van der Waals surface area (Å²) in [5.41, 5.74) is 0.844. The summed E-state index contributed by atoms with van der Waals surface area (Å²) in [5, 5.41) is 14.3. The van der Waals surface area contributed by atoms with E-state index in [9.17, 15) is 5.11 Å². The highest BCUT2D eigenvalue weighted by atomic mass is 16.5. The molecule has 2 aromatic rings. The highest BCUT2D eigenvalue weighted by Crippen LogP contribution is 2.36. The second-order valence-electron chi connectivity index (χ2n) is 6.83. The van der Waals surface area contributed by atoms with Crippen molar-refractivity contribution in [1.82, 2.24) is 24.9 Å². The molecule has 2 saturated heterocycles. The molecular formula is C17H23N5O2. The van der Waals surface area contributed by atoms with Crippen LogP contribution in [0.3, 0.4) is 0 Å². The number of nitrogens with zero attached hydrogens (tertiary/aromatic N) is 5. The third-order valence-corrected chi connectivity index (χ3v) is 5.12. The molecule has 0 saturated carbocycles. The molecule has 0 aliphatic carbocycles. The third kappa shape index (κ3) is 3.07. The summed E-state index contributed by atoms with van der Waals surface area (Å²) in [6.45, 7) is 2.87. The van der Waals surface area contributed by atoms with Crippen LogP contribution in [0.2, 0.25) is 0 Å². The van der Waals surface area contributed by atoms with Crippen LogP contribution in [0.25, 0.3) is 11.4 Å². The molecule has 0 radical (unpaired) electrons. The molecule has 1 N–H and O–H groups in total. The molecule has 7 nitrogen and oxygen atoms in total. The SMILES string of the molecule is CN1CCC(N2C[C@H](O)C[C@H]2c2nc(-c3cccnc3)no2)CC1. The highest BCUT2D eigenvalue weighted by molar-refractivity contribution is 5.51. The van der Waals surface area contributed by atoms with E-state index in [4.69, 9.17) is 4.52 Å². The Kier molecular flexibility index (Phi) is 4.30. The summed E-state index contributed by atoms with van der Waals surface area (Å²) < 4.78 is 5.54. The Hall–Kier alpha value is -1.83. The van der Waals surface area contributed by atoms with E-state index in [1.54, 1.807) is 12.4 Å². The van der Waals surface area contributed by atoms with Crippen LogP contribution in [0.15, 0.2) is 29.0 Å². The molecule has 2 atom stereocenters. The van der Waals surface area contributed by atoms with Crippen LogP contribution in [-0.2, 0) is 0 Å². The second-order valence-corrected chi connectivity index (χ2v) is 6.83. The van der Waals surface area contributed by atoms with Crippen LogP contribution in [-0.4, -0.2) is 68.9 Å². The van der Waals surface area contributed by atoms with Crippen molar-refractivity contribution < 1.29 is 9.63 Å². The number of likely N-dealkylation sites (tertiary alicyclic amines) is 2. The van der Waals surface area contributed by atoms with E-state index >= 15 is 0 Å². The minimum Gasteiger partial charge on any atom is -0.392 e. The zero-order valence-electron chi connectivity index (χ0n) is 13.9. The van der Waals surface area contributed by atoms with Crippen LogP contribution in [0.5, 0.6) is 0 Å². The lowest BCUT2D eigenvalue weighted by molar-refractivity contribution is 0.0881. The molecule has 0 aromatic carbocycles. The van der Waals surface area contributed by atoms with Gasteiger partial charge in [-0.2, -0.15) is 4.98 Å². The van der Waals surface area contributed by atoms with Gasteiger partial charge in [0.05, 0.1) is 12.1 Å². The maximum atomic E-state index is 10.2. The molecule has 2 aliphatic rings. The fraction of sp³-hybridized carbons (Fsp3) is 0.588. The Morgan fingerprint density at radius 1 is 1.29 bits per heavy atom. The van der Waals surface area contributed by atoms with Crippen LogP contribution >= 0.6 is 0 Å². The van der Waals surface area contributed by atoms with Crippen molar-refractivity contribution in [3.8, 4) is 11.4 Å². The van der Waals surface area contributed by atoms with Gasteiger partial charge in [0, 0.05) is 30.5 Å². The van der Waals surface area contributed by atoms with Crippen LogP contribution < -0.4 is 0 Å². The molecule has 24 heavy (non-hydrogen) atoms. The van der Waals surface area contributed by atoms with E-state index in [0.717, 1.165) is 31.5 Å². The molecule has 4 heterocycles. The lowest BCUT2D eigenvalue weighted by atomic mass is 10.0. The Bertz CT molecular complexity index is 669. The molecule has 0 unspecified atom stereocenters. The fourth-order valence-electron chi connectivity index (χ4n) is 3.79. The zero-order chi connectivity index (χ0) is 16.5. The average Bonchev–Trinajstić information content (AvgIpc) is 3.23. The largest absolute Gasteiger partial charge is 0.392 e. The Morgan fingerprint density at radius 3 is 2.88 bits per heavy atom. The number of aromatic nitrogens is 3. The van der Waals surface area contributed by atoms with Crippen molar-refractivity contribution in [2.75, 3.05) is 26.7 Å². The van der Waals surface area contributed by atoms with Gasteiger partial charge in [-0.15, -0.1) is 0 Å². The van der Waals surface area contributed by atoms with Gasteiger partial charge >= 0.3 is 0 Å². The normalized spacial score (nSPS) is 26.9. The molecular weight excluding hydrogens is 306 g/mol. The lowest BCUT2D eigenvalue weighted by Crippen LogP contribution is -2.43. The fourth-order valence-corrected chi connectivity index (χ4v) is 3.79. The van der Waals surface area contributed by atoms with Gasteiger partial charge in [-0.05, 0) is 51.5 Å². The summed E-state index contributed by atoms with van der Waals surface area (Å²) in [4.78, 5) is 13.4. The van der Waals surface area contributed by atoms with Crippen LogP contribution in [0.4, 0.5) is 0 Å². The smallest absolute Gasteiger partial charge is 0.244 e. The number of rotatable bonds is 3. The molecule has 2 aliphatic heterocycles. The van der Waals surface area contributed by atoms with Crippen molar-refractivity contribution in [2.45, 2.75) is 37.5 Å². The first-order chi connectivity index (χ1) is 11.7. The van der Waals surface area contributed by atoms with E-state index in [1.165, 1.54) is 0 Å². The van der Waals surface area contributed by atoms with Gasteiger partial charge in [-0.1, -0.05) is 5.16 Å². The number of hydrogen-bond acceptors (Lipinski definition) is 7. The monoisotopic (exact) mass is 329 g/mol. The second kappa shape index (κ2) is 6.58. The molecule has 7 heteroatoms. The quantitative estimate of drug-likeness (QED) is 0.910. The van der Waals surface area contributed by atoms with Crippen molar-refractivity contribution >= 4 is 0 Å². The summed E-state index contributed by atoms with van der Waals surface area (Å²) in [7, 11) is 2.16. The number of pyridine rings is 1. The minimum absolute atomic E-state index is 0.00586. The van der Waals surface area contributed by atoms with E-state index in [-0.39, 0.29) is 12.1 Å². The molecule has 2 aromatic heterocycles. The summed E-state index contributed by atoms with van der Waals surface area (Å²) >= 11 is 0. The molecule has 0 amide bonds. The Morgan fingerprint density at radius 2 is 2.12 bits per heavy atom. The molecule has 2 fully saturated rings. The lowest BCUT2D eigenvalue weighted by Gasteiger charge is -2.37. The average molecular weight is 329 g/mol. The zero-order valence-corrected chi connectivity index (χ0v) is 13.9. The standard InChI is InChI=1S/C17H23N5O2/c1-21-7-4-13(5-8-21)22-11-14(23)9-15(22)17-19-16(20-24-17)12-3-2-6-18-10-12/h2-3,6,10,13-15,23H,4-5,7-9,11H2,1H3/t14-,15+/m1/s1. The third-order valence-electron chi connectivity index (χ3n) is 5.12. The van der Waals surface area contributed by atoms with Crippen molar-refractivity contribution in [3.05, 3.63) is 30.4 Å². The molecule has 0 bridgehead atoms. The summed E-state index contributed by atoms with van der Waals surface area (Å²) in [6.07, 6.45) is 6.00.